The first kappa shape index (κ1) is 14.9. The van der Waals surface area contributed by atoms with E-state index in [1.54, 1.807) is 12.1 Å². The van der Waals surface area contributed by atoms with Crippen LogP contribution in [0.2, 0.25) is 0 Å². The Bertz CT molecular complexity index is 1010. The second-order valence-corrected chi connectivity index (χ2v) is 5.60. The molecule has 0 fully saturated rings. The van der Waals surface area contributed by atoms with Crippen LogP contribution in [0.25, 0.3) is 0 Å². The molecule has 1 aliphatic rings. The molecule has 1 aromatic heterocycles. The first-order valence-corrected chi connectivity index (χ1v) is 7.62. The van der Waals surface area contributed by atoms with Crippen molar-refractivity contribution >= 4 is 11.7 Å². The fourth-order valence-corrected chi connectivity index (χ4v) is 2.93. The van der Waals surface area contributed by atoms with Crippen LogP contribution in [-0.4, -0.2) is 15.9 Å². The summed E-state index contributed by atoms with van der Waals surface area (Å²) in [4.78, 5) is 40.2. The van der Waals surface area contributed by atoms with Gasteiger partial charge in [0, 0.05) is 17.2 Å². The second-order valence-electron chi connectivity index (χ2n) is 5.60. The summed E-state index contributed by atoms with van der Waals surface area (Å²) in [6, 6.07) is 15.6. The Morgan fingerprint density at radius 2 is 1.52 bits per heavy atom. The summed E-state index contributed by atoms with van der Waals surface area (Å²) in [5.41, 5.74) is 0.152. The van der Waals surface area contributed by atoms with Crippen molar-refractivity contribution in [3.8, 4) is 11.5 Å². The number of carbonyl (C=O) groups excluding carboxylic acids is 1. The lowest BCUT2D eigenvalue weighted by atomic mass is 9.87. The molecule has 7 nitrogen and oxygen atoms in total. The maximum atomic E-state index is 12.9. The number of ether oxygens (including phenoxy) is 1. The Kier molecular flexibility index (Phi) is 3.46. The molecule has 0 radical (unpaired) electrons. The molecule has 124 valence electrons. The largest absolute Gasteiger partial charge is 0.457 e. The van der Waals surface area contributed by atoms with Crippen molar-refractivity contribution in [2.24, 2.45) is 0 Å². The number of aromatic amines is 2. The lowest BCUT2D eigenvalue weighted by Gasteiger charge is -2.27. The van der Waals surface area contributed by atoms with Crippen LogP contribution in [0.5, 0.6) is 11.5 Å². The number of amides is 1. The lowest BCUT2D eigenvalue weighted by Crippen LogP contribution is -2.29. The second kappa shape index (κ2) is 5.79. The van der Waals surface area contributed by atoms with Gasteiger partial charge in [-0.3, -0.25) is 19.6 Å². The highest BCUT2D eigenvalue weighted by molar-refractivity contribution is 5.98. The van der Waals surface area contributed by atoms with E-state index in [2.05, 4.69) is 15.3 Å². The molecule has 1 amide bonds. The molecule has 2 heterocycles. The van der Waals surface area contributed by atoms with E-state index in [0.29, 0.717) is 22.6 Å². The van der Waals surface area contributed by atoms with E-state index in [1.165, 1.54) is 0 Å². The normalized spacial score (nSPS) is 12.6. The fourth-order valence-electron chi connectivity index (χ4n) is 2.93. The van der Waals surface area contributed by atoms with Gasteiger partial charge in [0.25, 0.3) is 5.56 Å². The Labute approximate surface area is 141 Å². The number of benzene rings is 2. The van der Waals surface area contributed by atoms with Gasteiger partial charge < -0.3 is 10.1 Å². The molecule has 0 saturated heterocycles. The van der Waals surface area contributed by atoms with Gasteiger partial charge >= 0.3 is 5.69 Å². The maximum Gasteiger partial charge on any atom is 0.327 e. The zero-order valence-corrected chi connectivity index (χ0v) is 12.9. The van der Waals surface area contributed by atoms with Crippen molar-refractivity contribution in [1.82, 2.24) is 9.97 Å². The van der Waals surface area contributed by atoms with Gasteiger partial charge in [-0.05, 0) is 12.1 Å². The Morgan fingerprint density at radius 3 is 2.12 bits per heavy atom. The number of carbonyl (C=O) groups is 1. The quantitative estimate of drug-likeness (QED) is 0.666. The van der Waals surface area contributed by atoms with Crippen LogP contribution in [0.3, 0.4) is 0 Å². The number of fused-ring (bicyclic) bond motifs is 2. The minimum atomic E-state index is -0.685. The highest BCUT2D eigenvalue weighted by atomic mass is 16.5. The summed E-state index contributed by atoms with van der Waals surface area (Å²) in [6.07, 6.45) is 0. The molecule has 1 aliphatic heterocycles. The third-order valence-electron chi connectivity index (χ3n) is 3.96. The number of rotatable bonds is 2. The van der Waals surface area contributed by atoms with Crippen LogP contribution in [0, 0.1) is 0 Å². The SMILES string of the molecule is O=C(Nc1cc(=O)[nH]c(=O)[nH]1)C1c2ccccc2Oc2ccccc21. The van der Waals surface area contributed by atoms with Gasteiger partial charge in [-0.1, -0.05) is 36.4 Å². The highest BCUT2D eigenvalue weighted by Gasteiger charge is 2.32. The summed E-state index contributed by atoms with van der Waals surface area (Å²) < 4.78 is 5.85. The monoisotopic (exact) mass is 335 g/mol. The van der Waals surface area contributed by atoms with Crippen LogP contribution in [-0.2, 0) is 4.79 Å². The number of anilines is 1. The highest BCUT2D eigenvalue weighted by Crippen LogP contribution is 2.44. The zero-order valence-electron chi connectivity index (χ0n) is 12.9. The average Bonchev–Trinajstić information content (AvgIpc) is 2.58. The van der Waals surface area contributed by atoms with Gasteiger partial charge in [0.05, 0.1) is 5.92 Å². The summed E-state index contributed by atoms with van der Waals surface area (Å²) in [7, 11) is 0. The zero-order chi connectivity index (χ0) is 17.4. The molecular formula is C18H13N3O4. The molecule has 0 unspecified atom stereocenters. The standard InChI is InChI=1S/C18H13N3O4/c22-15-9-14(20-18(24)21-15)19-17(23)16-10-5-1-3-7-12(10)25-13-8-4-2-6-11(13)16/h1-9,16H,(H3,19,20,21,22,23,24). The molecule has 2 aromatic carbocycles. The molecule has 7 heteroatoms. The van der Waals surface area contributed by atoms with Gasteiger partial charge in [0.1, 0.15) is 17.3 Å². The predicted octanol–water partition coefficient (Wildman–Crippen LogP) is 1.94. The Morgan fingerprint density at radius 1 is 0.920 bits per heavy atom. The van der Waals surface area contributed by atoms with Gasteiger partial charge in [0.2, 0.25) is 5.91 Å². The number of hydrogen-bond acceptors (Lipinski definition) is 4. The Balaban J connectivity index is 1.77. The van der Waals surface area contributed by atoms with Gasteiger partial charge in [-0.2, -0.15) is 0 Å². The smallest absolute Gasteiger partial charge is 0.327 e. The number of para-hydroxylation sites is 2. The van der Waals surface area contributed by atoms with Crippen molar-refractivity contribution in [2.45, 2.75) is 5.92 Å². The van der Waals surface area contributed by atoms with Crippen molar-refractivity contribution < 1.29 is 9.53 Å². The minimum Gasteiger partial charge on any atom is -0.457 e. The number of H-pyrrole nitrogens is 2. The van der Waals surface area contributed by atoms with Gasteiger partial charge in [-0.25, -0.2) is 4.79 Å². The van der Waals surface area contributed by atoms with Crippen LogP contribution in [0.4, 0.5) is 5.82 Å². The van der Waals surface area contributed by atoms with E-state index in [1.807, 2.05) is 36.4 Å². The van der Waals surface area contributed by atoms with E-state index in [0.717, 1.165) is 6.07 Å². The molecule has 3 N–H and O–H groups in total. The number of aromatic nitrogens is 2. The first-order valence-electron chi connectivity index (χ1n) is 7.62. The summed E-state index contributed by atoms with van der Waals surface area (Å²) in [5, 5.41) is 2.61. The van der Waals surface area contributed by atoms with E-state index < -0.39 is 17.2 Å². The van der Waals surface area contributed by atoms with Crippen LogP contribution < -0.4 is 21.3 Å². The lowest BCUT2D eigenvalue weighted by molar-refractivity contribution is -0.116. The van der Waals surface area contributed by atoms with E-state index in [4.69, 9.17) is 4.74 Å². The van der Waals surface area contributed by atoms with Gasteiger partial charge in [0.15, 0.2) is 0 Å². The topological polar surface area (TPSA) is 104 Å². The molecule has 0 spiro atoms. The third kappa shape index (κ3) is 2.72. The van der Waals surface area contributed by atoms with Crippen LogP contribution in [0.1, 0.15) is 17.0 Å². The van der Waals surface area contributed by atoms with Crippen molar-refractivity contribution in [2.75, 3.05) is 5.32 Å². The average molecular weight is 335 g/mol. The van der Waals surface area contributed by atoms with E-state index >= 15 is 0 Å². The van der Waals surface area contributed by atoms with Gasteiger partial charge in [-0.15, -0.1) is 0 Å². The van der Waals surface area contributed by atoms with Crippen molar-refractivity contribution in [1.29, 1.82) is 0 Å². The predicted molar refractivity (Wildman–Crippen MR) is 91.1 cm³/mol. The third-order valence-corrected chi connectivity index (χ3v) is 3.96. The van der Waals surface area contributed by atoms with Crippen molar-refractivity contribution in [3.63, 3.8) is 0 Å². The fraction of sp³-hybridized carbons (Fsp3) is 0.0556. The number of hydrogen-bond donors (Lipinski definition) is 3. The molecule has 25 heavy (non-hydrogen) atoms. The van der Waals surface area contributed by atoms with Crippen LogP contribution >= 0.6 is 0 Å². The first-order chi connectivity index (χ1) is 12.1. The molecular weight excluding hydrogens is 322 g/mol. The van der Waals surface area contributed by atoms with E-state index in [9.17, 15) is 14.4 Å². The summed E-state index contributed by atoms with van der Waals surface area (Å²) >= 11 is 0. The maximum absolute atomic E-state index is 12.9. The van der Waals surface area contributed by atoms with E-state index in [-0.39, 0.29) is 11.7 Å². The molecule has 0 saturated carbocycles. The molecule has 0 bridgehead atoms. The molecule has 0 aliphatic carbocycles. The minimum absolute atomic E-state index is 0.0419. The molecule has 4 rings (SSSR count). The molecule has 3 aromatic rings. The van der Waals surface area contributed by atoms with Crippen LogP contribution in [0.15, 0.2) is 64.2 Å². The number of nitrogens with one attached hydrogen (secondary N) is 3. The summed E-state index contributed by atoms with van der Waals surface area (Å²) in [6.45, 7) is 0. The van der Waals surface area contributed by atoms with Crippen molar-refractivity contribution in [3.05, 3.63) is 86.6 Å². The summed E-state index contributed by atoms with van der Waals surface area (Å²) in [5.74, 6) is 0.245. The molecule has 0 atom stereocenters. The Hall–Kier alpha value is -3.61.